The zero-order chi connectivity index (χ0) is 16.3. The van der Waals surface area contributed by atoms with Crippen LogP contribution in [0.25, 0.3) is 0 Å². The zero-order valence-electron chi connectivity index (χ0n) is 13.8. The van der Waals surface area contributed by atoms with Gasteiger partial charge in [-0.2, -0.15) is 0 Å². The van der Waals surface area contributed by atoms with Gasteiger partial charge in [-0.05, 0) is 48.2 Å². The van der Waals surface area contributed by atoms with Crippen molar-refractivity contribution in [3.05, 3.63) is 59.7 Å². The Labute approximate surface area is 137 Å². The first kappa shape index (κ1) is 15.8. The number of benzene rings is 2. The predicted molar refractivity (Wildman–Crippen MR) is 91.6 cm³/mol. The lowest BCUT2D eigenvalue weighted by Crippen LogP contribution is -2.61. The van der Waals surface area contributed by atoms with E-state index < -0.39 is 0 Å². The molecule has 0 atom stereocenters. The first-order valence-corrected chi connectivity index (χ1v) is 7.88. The van der Waals surface area contributed by atoms with Crippen LogP contribution in [-0.4, -0.2) is 32.3 Å². The fourth-order valence-corrected chi connectivity index (χ4v) is 3.45. The Morgan fingerprint density at radius 1 is 0.826 bits per heavy atom. The maximum Gasteiger partial charge on any atom is 0.118 e. The van der Waals surface area contributed by atoms with Crippen LogP contribution in [0.2, 0.25) is 0 Å². The van der Waals surface area contributed by atoms with Crippen molar-refractivity contribution in [3.63, 3.8) is 0 Å². The highest BCUT2D eigenvalue weighted by molar-refractivity contribution is 5.31. The second-order valence-corrected chi connectivity index (χ2v) is 6.45. The third-order valence-corrected chi connectivity index (χ3v) is 4.55. The molecule has 0 aromatic heterocycles. The molecule has 4 nitrogen and oxygen atoms in total. The Hall–Kier alpha value is -2.04. The molecule has 1 heterocycles. The van der Waals surface area contributed by atoms with Crippen LogP contribution in [0.15, 0.2) is 48.5 Å². The van der Waals surface area contributed by atoms with Gasteiger partial charge in [0.2, 0.25) is 0 Å². The van der Waals surface area contributed by atoms with E-state index >= 15 is 0 Å². The molecule has 1 aliphatic rings. The van der Waals surface area contributed by atoms with Crippen molar-refractivity contribution in [2.75, 3.05) is 27.3 Å². The molecule has 2 aromatic rings. The molecule has 0 aliphatic carbocycles. The molecule has 2 aromatic carbocycles. The van der Waals surface area contributed by atoms with Crippen LogP contribution in [0.1, 0.15) is 11.1 Å². The molecule has 3 rings (SSSR count). The smallest absolute Gasteiger partial charge is 0.118 e. The molecule has 23 heavy (non-hydrogen) atoms. The minimum absolute atomic E-state index is 0.206. The molecule has 0 bridgehead atoms. The van der Waals surface area contributed by atoms with Gasteiger partial charge in [0.15, 0.2) is 0 Å². The molecule has 0 saturated carbocycles. The molecule has 0 radical (unpaired) electrons. The minimum Gasteiger partial charge on any atom is -0.497 e. The van der Waals surface area contributed by atoms with E-state index in [1.165, 1.54) is 11.1 Å². The molecule has 1 saturated heterocycles. The summed E-state index contributed by atoms with van der Waals surface area (Å²) in [5, 5.41) is 1.90. The Morgan fingerprint density at radius 3 is 1.52 bits per heavy atom. The van der Waals surface area contributed by atoms with Crippen molar-refractivity contribution in [2.45, 2.75) is 12.8 Å². The number of nitrogens with two attached hydrogens (primary N) is 1. The van der Waals surface area contributed by atoms with E-state index in [0.29, 0.717) is 0 Å². The zero-order valence-corrected chi connectivity index (χ0v) is 13.8. The standard InChI is InChI=1S/C19H24N2O2/c1-22-17-7-3-15(4-8-17)11-19(13-21(20)14-19)12-16-5-9-18(23-2)10-6-16/h3-10H,11-14,20H2,1-2H3. The summed E-state index contributed by atoms with van der Waals surface area (Å²) in [5.41, 5.74) is 2.86. The van der Waals surface area contributed by atoms with Crippen LogP contribution in [0, 0.1) is 5.41 Å². The summed E-state index contributed by atoms with van der Waals surface area (Å²) in [6.07, 6.45) is 2.05. The van der Waals surface area contributed by atoms with Gasteiger partial charge < -0.3 is 9.47 Å². The summed E-state index contributed by atoms with van der Waals surface area (Å²) < 4.78 is 10.5. The lowest BCUT2D eigenvalue weighted by molar-refractivity contribution is 0.000188. The van der Waals surface area contributed by atoms with Crippen LogP contribution in [0.3, 0.4) is 0 Å². The fraction of sp³-hybridized carbons (Fsp3) is 0.368. The van der Waals surface area contributed by atoms with Crippen LogP contribution >= 0.6 is 0 Å². The number of nitrogens with zero attached hydrogens (tertiary/aromatic N) is 1. The highest BCUT2D eigenvalue weighted by Gasteiger charge is 2.41. The SMILES string of the molecule is COc1ccc(CC2(Cc3ccc(OC)cc3)CN(N)C2)cc1. The number of hydrazine groups is 1. The van der Waals surface area contributed by atoms with Crippen molar-refractivity contribution < 1.29 is 9.47 Å². The van der Waals surface area contributed by atoms with Crippen LogP contribution in [0.4, 0.5) is 0 Å². The van der Waals surface area contributed by atoms with Crippen LogP contribution in [-0.2, 0) is 12.8 Å². The third kappa shape index (κ3) is 3.66. The van der Waals surface area contributed by atoms with E-state index in [0.717, 1.165) is 37.4 Å². The molecule has 122 valence electrons. The van der Waals surface area contributed by atoms with Crippen LogP contribution < -0.4 is 15.3 Å². The van der Waals surface area contributed by atoms with Gasteiger partial charge in [0.25, 0.3) is 0 Å². The van der Waals surface area contributed by atoms with E-state index in [2.05, 4.69) is 24.3 Å². The van der Waals surface area contributed by atoms with E-state index in [1.54, 1.807) is 14.2 Å². The number of ether oxygens (including phenoxy) is 2. The van der Waals surface area contributed by atoms with Crippen molar-refractivity contribution in [3.8, 4) is 11.5 Å². The summed E-state index contributed by atoms with van der Waals surface area (Å²) in [4.78, 5) is 0. The number of hydrogen-bond acceptors (Lipinski definition) is 4. The van der Waals surface area contributed by atoms with Crippen molar-refractivity contribution in [1.29, 1.82) is 0 Å². The Bertz CT molecular complexity index is 580. The van der Waals surface area contributed by atoms with Crippen molar-refractivity contribution in [2.24, 2.45) is 11.3 Å². The summed E-state index contributed by atoms with van der Waals surface area (Å²) in [7, 11) is 3.39. The Balaban J connectivity index is 1.73. The fourth-order valence-electron chi connectivity index (χ4n) is 3.45. The largest absolute Gasteiger partial charge is 0.497 e. The molecule has 0 spiro atoms. The summed E-state index contributed by atoms with van der Waals surface area (Å²) in [6, 6.07) is 16.7. The minimum atomic E-state index is 0.206. The van der Waals surface area contributed by atoms with Gasteiger partial charge in [0.1, 0.15) is 11.5 Å². The number of rotatable bonds is 6. The van der Waals surface area contributed by atoms with Crippen molar-refractivity contribution in [1.82, 2.24) is 5.01 Å². The second-order valence-electron chi connectivity index (χ2n) is 6.45. The molecule has 0 unspecified atom stereocenters. The predicted octanol–water partition coefficient (Wildman–Crippen LogP) is 2.66. The second kappa shape index (κ2) is 6.60. The van der Waals surface area contributed by atoms with E-state index in [1.807, 2.05) is 29.3 Å². The molecular formula is C19H24N2O2. The van der Waals surface area contributed by atoms with Crippen LogP contribution in [0.5, 0.6) is 11.5 Å². The van der Waals surface area contributed by atoms with Gasteiger partial charge in [0.05, 0.1) is 14.2 Å². The molecule has 0 amide bonds. The van der Waals surface area contributed by atoms with Gasteiger partial charge in [-0.25, -0.2) is 5.01 Å². The summed E-state index contributed by atoms with van der Waals surface area (Å²) in [5.74, 6) is 7.74. The van der Waals surface area contributed by atoms with E-state index in [9.17, 15) is 0 Å². The lowest BCUT2D eigenvalue weighted by Gasteiger charge is -2.48. The lowest BCUT2D eigenvalue weighted by atomic mass is 9.71. The molecule has 4 heteroatoms. The quantitative estimate of drug-likeness (QED) is 0.833. The average molecular weight is 312 g/mol. The van der Waals surface area contributed by atoms with Crippen molar-refractivity contribution >= 4 is 0 Å². The first-order chi connectivity index (χ1) is 11.1. The molecule has 1 fully saturated rings. The highest BCUT2D eigenvalue weighted by atomic mass is 16.5. The first-order valence-electron chi connectivity index (χ1n) is 7.88. The Morgan fingerprint density at radius 2 is 1.22 bits per heavy atom. The number of methoxy groups -OCH3 is 2. The van der Waals surface area contributed by atoms with Gasteiger partial charge >= 0.3 is 0 Å². The summed E-state index contributed by atoms with van der Waals surface area (Å²) in [6.45, 7) is 1.84. The van der Waals surface area contributed by atoms with Gasteiger partial charge in [-0.1, -0.05) is 24.3 Å². The van der Waals surface area contributed by atoms with Gasteiger partial charge in [0, 0.05) is 18.5 Å². The maximum absolute atomic E-state index is 5.95. The van der Waals surface area contributed by atoms with E-state index in [-0.39, 0.29) is 5.41 Å². The Kier molecular flexibility index (Phi) is 4.55. The normalized spacial score (nSPS) is 16.7. The topological polar surface area (TPSA) is 47.7 Å². The maximum atomic E-state index is 5.95. The molecular weight excluding hydrogens is 288 g/mol. The number of hydrogen-bond donors (Lipinski definition) is 1. The summed E-state index contributed by atoms with van der Waals surface area (Å²) >= 11 is 0. The third-order valence-electron chi connectivity index (χ3n) is 4.55. The highest BCUT2D eigenvalue weighted by Crippen LogP contribution is 2.36. The van der Waals surface area contributed by atoms with Gasteiger partial charge in [-0.15, -0.1) is 0 Å². The molecule has 2 N–H and O–H groups in total. The average Bonchev–Trinajstić information content (AvgIpc) is 2.55. The molecule has 1 aliphatic heterocycles. The van der Waals surface area contributed by atoms with Gasteiger partial charge in [-0.3, -0.25) is 5.84 Å². The van der Waals surface area contributed by atoms with E-state index in [4.69, 9.17) is 15.3 Å². The monoisotopic (exact) mass is 312 g/mol.